The van der Waals surface area contributed by atoms with Crippen molar-refractivity contribution in [3.8, 4) is 5.75 Å². The first-order valence-electron chi connectivity index (χ1n) is 10.7. The second-order valence-electron chi connectivity index (χ2n) is 7.74. The number of carbonyl (C=O) groups is 1. The minimum atomic E-state index is -3.58. The maximum Gasteiger partial charge on any atom is 0.243 e. The van der Waals surface area contributed by atoms with Crippen LogP contribution in [0.4, 0.5) is 0 Å². The van der Waals surface area contributed by atoms with Crippen LogP contribution in [0.15, 0.2) is 23.1 Å². The highest BCUT2D eigenvalue weighted by atomic mass is 32.2. The summed E-state index contributed by atoms with van der Waals surface area (Å²) in [5.41, 5.74) is 0.721. The zero-order valence-corrected chi connectivity index (χ0v) is 18.6. The van der Waals surface area contributed by atoms with Gasteiger partial charge in [0.05, 0.1) is 25.2 Å². The minimum Gasteiger partial charge on any atom is -0.496 e. The largest absolute Gasteiger partial charge is 0.496 e. The van der Waals surface area contributed by atoms with Crippen LogP contribution in [-0.2, 0) is 26.0 Å². The van der Waals surface area contributed by atoms with Gasteiger partial charge in [0, 0.05) is 26.1 Å². The van der Waals surface area contributed by atoms with E-state index in [0.717, 1.165) is 31.6 Å². The van der Waals surface area contributed by atoms with Crippen molar-refractivity contribution in [2.45, 2.75) is 37.0 Å². The molecule has 168 valence electrons. The van der Waals surface area contributed by atoms with E-state index in [0.29, 0.717) is 51.4 Å². The first kappa shape index (κ1) is 23.0. The fourth-order valence-electron chi connectivity index (χ4n) is 3.92. The summed E-state index contributed by atoms with van der Waals surface area (Å²) in [5, 5.41) is 2.96. The van der Waals surface area contributed by atoms with Gasteiger partial charge >= 0.3 is 0 Å². The van der Waals surface area contributed by atoms with E-state index in [1.807, 2.05) is 0 Å². The molecule has 30 heavy (non-hydrogen) atoms. The number of amides is 1. The third kappa shape index (κ3) is 6.16. The molecule has 3 rings (SSSR count). The molecule has 8 nitrogen and oxygen atoms in total. The molecule has 0 spiro atoms. The molecular formula is C21H33N3O5S. The number of hydrogen-bond donors (Lipinski definition) is 1. The topological polar surface area (TPSA) is 88.2 Å². The lowest BCUT2D eigenvalue weighted by Crippen LogP contribution is -2.40. The Morgan fingerprint density at radius 2 is 1.90 bits per heavy atom. The molecule has 0 aliphatic carbocycles. The summed E-state index contributed by atoms with van der Waals surface area (Å²) in [7, 11) is -2.03. The summed E-state index contributed by atoms with van der Waals surface area (Å²) >= 11 is 0. The van der Waals surface area contributed by atoms with Crippen molar-refractivity contribution in [3.63, 3.8) is 0 Å². The first-order chi connectivity index (χ1) is 14.5. The molecule has 0 unspecified atom stereocenters. The normalized spacial score (nSPS) is 18.4. The Morgan fingerprint density at radius 1 is 1.17 bits per heavy atom. The van der Waals surface area contributed by atoms with E-state index in [1.165, 1.54) is 17.1 Å². The number of benzene rings is 1. The molecular weight excluding hydrogens is 406 g/mol. The zero-order chi connectivity index (χ0) is 21.4. The molecule has 2 heterocycles. The highest BCUT2D eigenvalue weighted by Gasteiger charge is 2.27. The monoisotopic (exact) mass is 439 g/mol. The molecule has 0 atom stereocenters. The molecule has 2 aliphatic heterocycles. The van der Waals surface area contributed by atoms with Crippen LogP contribution < -0.4 is 10.1 Å². The van der Waals surface area contributed by atoms with Crippen LogP contribution in [0.1, 0.15) is 31.2 Å². The van der Waals surface area contributed by atoms with Crippen LogP contribution in [0.3, 0.4) is 0 Å². The van der Waals surface area contributed by atoms with Crippen molar-refractivity contribution in [2.75, 3.05) is 59.6 Å². The van der Waals surface area contributed by atoms with Crippen LogP contribution >= 0.6 is 0 Å². The Labute approximate surface area is 179 Å². The quantitative estimate of drug-likeness (QED) is 0.552. The second-order valence-corrected chi connectivity index (χ2v) is 9.68. The van der Waals surface area contributed by atoms with E-state index in [-0.39, 0.29) is 10.8 Å². The number of rotatable bonds is 10. The molecule has 1 N–H and O–H groups in total. The van der Waals surface area contributed by atoms with Gasteiger partial charge < -0.3 is 19.7 Å². The summed E-state index contributed by atoms with van der Waals surface area (Å²) in [6.45, 7) is 5.52. The fraction of sp³-hybridized carbons (Fsp3) is 0.667. The minimum absolute atomic E-state index is 0.0279. The van der Waals surface area contributed by atoms with E-state index >= 15 is 0 Å². The lowest BCUT2D eigenvalue weighted by atomic mass is 10.1. The van der Waals surface area contributed by atoms with Gasteiger partial charge in [-0.05, 0) is 69.1 Å². The van der Waals surface area contributed by atoms with E-state index in [1.54, 1.807) is 25.3 Å². The summed E-state index contributed by atoms with van der Waals surface area (Å²) < 4.78 is 37.9. The molecule has 1 aromatic carbocycles. The van der Waals surface area contributed by atoms with Gasteiger partial charge in [-0.15, -0.1) is 0 Å². The van der Waals surface area contributed by atoms with E-state index in [9.17, 15) is 13.2 Å². The molecule has 0 saturated carbocycles. The standard InChI is InChI=1S/C21H33N3O5S/c1-28-20-7-6-19(30(26,27)24-13-15-29-16-14-24)17-18(20)5-8-21(25)22-9-4-12-23-10-2-3-11-23/h6-7,17H,2-5,8-16H2,1H3,(H,22,25). The van der Waals surface area contributed by atoms with Crippen molar-refractivity contribution >= 4 is 15.9 Å². The second kappa shape index (κ2) is 11.1. The molecule has 1 amide bonds. The number of likely N-dealkylation sites (tertiary alicyclic amines) is 1. The van der Waals surface area contributed by atoms with E-state index in [2.05, 4.69) is 10.2 Å². The van der Waals surface area contributed by atoms with Gasteiger partial charge in [0.2, 0.25) is 15.9 Å². The van der Waals surface area contributed by atoms with Gasteiger partial charge in [0.1, 0.15) is 5.75 Å². The average Bonchev–Trinajstić information content (AvgIpc) is 3.29. The summed E-state index contributed by atoms with van der Waals surface area (Å²) in [6, 6.07) is 4.85. The van der Waals surface area contributed by atoms with Crippen LogP contribution in [-0.4, -0.2) is 83.1 Å². The van der Waals surface area contributed by atoms with Crippen LogP contribution in [0.2, 0.25) is 0 Å². The first-order valence-corrected chi connectivity index (χ1v) is 12.2. The van der Waals surface area contributed by atoms with E-state index in [4.69, 9.17) is 9.47 Å². The fourth-order valence-corrected chi connectivity index (χ4v) is 5.38. The van der Waals surface area contributed by atoms with Gasteiger partial charge in [-0.3, -0.25) is 4.79 Å². The predicted molar refractivity (Wildman–Crippen MR) is 114 cm³/mol. The summed E-state index contributed by atoms with van der Waals surface area (Å²) in [5.74, 6) is 0.567. The number of methoxy groups -OCH3 is 1. The molecule has 0 radical (unpaired) electrons. The number of ether oxygens (including phenoxy) is 2. The van der Waals surface area contributed by atoms with Crippen LogP contribution in [0.25, 0.3) is 0 Å². The summed E-state index contributed by atoms with van der Waals surface area (Å²) in [4.78, 5) is 14.9. The number of carbonyl (C=O) groups excluding carboxylic acids is 1. The van der Waals surface area contributed by atoms with Gasteiger partial charge in [-0.1, -0.05) is 0 Å². The lowest BCUT2D eigenvalue weighted by Gasteiger charge is -2.26. The number of aryl methyl sites for hydroxylation is 1. The molecule has 2 aliphatic rings. The van der Waals surface area contributed by atoms with Crippen molar-refractivity contribution < 1.29 is 22.7 Å². The number of hydrogen-bond acceptors (Lipinski definition) is 6. The zero-order valence-electron chi connectivity index (χ0n) is 17.8. The molecule has 1 aromatic rings. The smallest absolute Gasteiger partial charge is 0.243 e. The molecule has 9 heteroatoms. The summed E-state index contributed by atoms with van der Waals surface area (Å²) in [6.07, 6.45) is 4.21. The SMILES string of the molecule is COc1ccc(S(=O)(=O)N2CCOCC2)cc1CCC(=O)NCCCN1CCCC1. The maximum absolute atomic E-state index is 12.9. The number of sulfonamides is 1. The highest BCUT2D eigenvalue weighted by molar-refractivity contribution is 7.89. The van der Waals surface area contributed by atoms with Crippen molar-refractivity contribution in [1.29, 1.82) is 0 Å². The maximum atomic E-state index is 12.9. The van der Waals surface area contributed by atoms with Gasteiger partial charge in [0.15, 0.2) is 0 Å². The Balaban J connectivity index is 1.53. The van der Waals surface area contributed by atoms with Gasteiger partial charge in [-0.2, -0.15) is 4.31 Å². The third-order valence-corrected chi connectivity index (χ3v) is 7.55. The van der Waals surface area contributed by atoms with E-state index < -0.39 is 10.0 Å². The molecule has 0 bridgehead atoms. The Hall–Kier alpha value is -1.68. The van der Waals surface area contributed by atoms with Crippen molar-refractivity contribution in [3.05, 3.63) is 23.8 Å². The average molecular weight is 440 g/mol. The third-order valence-electron chi connectivity index (χ3n) is 5.65. The van der Waals surface area contributed by atoms with Crippen molar-refractivity contribution in [2.24, 2.45) is 0 Å². The number of morpholine rings is 1. The van der Waals surface area contributed by atoms with Crippen LogP contribution in [0, 0.1) is 0 Å². The van der Waals surface area contributed by atoms with Gasteiger partial charge in [-0.25, -0.2) is 8.42 Å². The number of nitrogens with zero attached hydrogens (tertiary/aromatic N) is 2. The molecule has 0 aromatic heterocycles. The highest BCUT2D eigenvalue weighted by Crippen LogP contribution is 2.26. The lowest BCUT2D eigenvalue weighted by molar-refractivity contribution is -0.121. The molecule has 2 saturated heterocycles. The van der Waals surface area contributed by atoms with Gasteiger partial charge in [0.25, 0.3) is 0 Å². The van der Waals surface area contributed by atoms with Crippen molar-refractivity contribution in [1.82, 2.24) is 14.5 Å². The Morgan fingerprint density at radius 3 is 2.60 bits per heavy atom. The Kier molecular flexibility index (Phi) is 8.50. The number of nitrogens with one attached hydrogen (secondary N) is 1. The predicted octanol–water partition coefficient (Wildman–Crippen LogP) is 1.25. The Bertz CT molecular complexity index is 803. The molecule has 2 fully saturated rings. The van der Waals surface area contributed by atoms with Crippen LogP contribution in [0.5, 0.6) is 5.75 Å².